The van der Waals surface area contributed by atoms with Crippen LogP contribution in [0.3, 0.4) is 0 Å². The summed E-state index contributed by atoms with van der Waals surface area (Å²) in [5.41, 5.74) is 7.98. The predicted octanol–water partition coefficient (Wildman–Crippen LogP) is 0.968. The number of aliphatic hydroxyl groups is 1. The Morgan fingerprint density at radius 1 is 1.50 bits per heavy atom. The molecule has 1 aromatic carbocycles. The second-order valence-corrected chi connectivity index (χ2v) is 4.92. The van der Waals surface area contributed by atoms with Crippen LogP contribution in [-0.2, 0) is 13.1 Å². The van der Waals surface area contributed by atoms with Crippen molar-refractivity contribution in [2.75, 3.05) is 26.8 Å². The minimum Gasteiger partial charge on any atom is -0.496 e. The molecule has 1 atom stereocenters. The zero-order chi connectivity index (χ0) is 13.0. The first-order valence-corrected chi connectivity index (χ1v) is 6.46. The molecule has 4 heteroatoms. The number of hydrogen-bond acceptors (Lipinski definition) is 4. The molecule has 0 aliphatic carbocycles. The van der Waals surface area contributed by atoms with Gasteiger partial charge in [0.1, 0.15) is 5.75 Å². The Hall–Kier alpha value is -1.10. The van der Waals surface area contributed by atoms with Gasteiger partial charge in [0.2, 0.25) is 0 Å². The minimum atomic E-state index is 0.288. The van der Waals surface area contributed by atoms with Crippen molar-refractivity contribution in [3.63, 3.8) is 0 Å². The molecular formula is C14H22N2O2. The van der Waals surface area contributed by atoms with Crippen LogP contribution < -0.4 is 10.5 Å². The Morgan fingerprint density at radius 2 is 2.33 bits per heavy atom. The smallest absolute Gasteiger partial charge is 0.123 e. The number of aliphatic hydroxyl groups excluding tert-OH is 1. The molecule has 1 aliphatic rings. The van der Waals surface area contributed by atoms with Crippen LogP contribution in [0.4, 0.5) is 0 Å². The van der Waals surface area contributed by atoms with Gasteiger partial charge in [0, 0.05) is 31.8 Å². The van der Waals surface area contributed by atoms with Gasteiger partial charge in [0.15, 0.2) is 0 Å². The van der Waals surface area contributed by atoms with Gasteiger partial charge in [0.25, 0.3) is 0 Å². The summed E-state index contributed by atoms with van der Waals surface area (Å²) >= 11 is 0. The molecule has 1 aliphatic heterocycles. The summed E-state index contributed by atoms with van der Waals surface area (Å²) in [5, 5.41) is 9.16. The van der Waals surface area contributed by atoms with Crippen molar-refractivity contribution >= 4 is 0 Å². The zero-order valence-electron chi connectivity index (χ0n) is 10.9. The van der Waals surface area contributed by atoms with E-state index < -0.39 is 0 Å². The molecule has 0 radical (unpaired) electrons. The van der Waals surface area contributed by atoms with Gasteiger partial charge < -0.3 is 15.6 Å². The first-order valence-electron chi connectivity index (χ1n) is 6.46. The van der Waals surface area contributed by atoms with E-state index in [1.165, 1.54) is 5.56 Å². The molecule has 1 unspecified atom stereocenters. The summed E-state index contributed by atoms with van der Waals surface area (Å²) in [7, 11) is 1.70. The fraction of sp³-hybridized carbons (Fsp3) is 0.571. The molecule has 1 aromatic rings. The van der Waals surface area contributed by atoms with Crippen molar-refractivity contribution in [1.82, 2.24) is 4.90 Å². The Labute approximate surface area is 108 Å². The van der Waals surface area contributed by atoms with Gasteiger partial charge in [-0.2, -0.15) is 0 Å². The second-order valence-electron chi connectivity index (χ2n) is 4.92. The third-order valence-corrected chi connectivity index (χ3v) is 3.60. The molecule has 1 saturated heterocycles. The molecule has 0 bridgehead atoms. The number of nitrogens with two attached hydrogens (primary N) is 1. The van der Waals surface area contributed by atoms with Gasteiger partial charge in [0.05, 0.1) is 7.11 Å². The number of rotatable bonds is 5. The predicted molar refractivity (Wildman–Crippen MR) is 71.4 cm³/mol. The minimum absolute atomic E-state index is 0.288. The number of benzene rings is 1. The number of methoxy groups -OCH3 is 1. The van der Waals surface area contributed by atoms with Crippen LogP contribution in [0.25, 0.3) is 0 Å². The van der Waals surface area contributed by atoms with E-state index in [1.807, 2.05) is 12.1 Å². The molecular weight excluding hydrogens is 228 g/mol. The molecule has 0 amide bonds. The van der Waals surface area contributed by atoms with Crippen LogP contribution in [0.2, 0.25) is 0 Å². The lowest BCUT2D eigenvalue weighted by Crippen LogP contribution is -2.21. The van der Waals surface area contributed by atoms with Crippen LogP contribution in [-0.4, -0.2) is 36.8 Å². The van der Waals surface area contributed by atoms with Crippen LogP contribution in [0.1, 0.15) is 17.5 Å². The summed E-state index contributed by atoms with van der Waals surface area (Å²) < 4.78 is 5.39. The van der Waals surface area contributed by atoms with E-state index >= 15 is 0 Å². The number of likely N-dealkylation sites (tertiary alicyclic amines) is 1. The third-order valence-electron chi connectivity index (χ3n) is 3.60. The Bertz CT molecular complexity index is 395. The lowest BCUT2D eigenvalue weighted by atomic mass is 10.1. The maximum Gasteiger partial charge on any atom is 0.123 e. The first-order chi connectivity index (χ1) is 8.76. The van der Waals surface area contributed by atoms with Gasteiger partial charge in [-0.25, -0.2) is 0 Å². The Kier molecular flexibility index (Phi) is 4.58. The van der Waals surface area contributed by atoms with Crippen LogP contribution >= 0.6 is 0 Å². The highest BCUT2D eigenvalue weighted by atomic mass is 16.5. The van der Waals surface area contributed by atoms with Crippen LogP contribution in [0, 0.1) is 5.92 Å². The SMILES string of the molecule is COc1ccc(CN)cc1CN1CCC(CO)C1. The van der Waals surface area contributed by atoms with E-state index in [0.717, 1.165) is 37.4 Å². The monoisotopic (exact) mass is 250 g/mol. The highest BCUT2D eigenvalue weighted by molar-refractivity contribution is 5.37. The van der Waals surface area contributed by atoms with E-state index in [-0.39, 0.29) is 6.61 Å². The maximum absolute atomic E-state index is 9.16. The summed E-state index contributed by atoms with van der Waals surface area (Å²) in [4.78, 5) is 2.36. The summed E-state index contributed by atoms with van der Waals surface area (Å²) in [6.07, 6.45) is 1.08. The Balaban J connectivity index is 2.07. The largest absolute Gasteiger partial charge is 0.496 e. The molecule has 0 aromatic heterocycles. The van der Waals surface area contributed by atoms with Crippen molar-refractivity contribution in [3.05, 3.63) is 29.3 Å². The first kappa shape index (κ1) is 13.3. The average molecular weight is 250 g/mol. The van der Waals surface area contributed by atoms with E-state index in [1.54, 1.807) is 7.11 Å². The van der Waals surface area contributed by atoms with Crippen molar-refractivity contribution in [2.24, 2.45) is 11.7 Å². The van der Waals surface area contributed by atoms with E-state index in [4.69, 9.17) is 15.6 Å². The van der Waals surface area contributed by atoms with Crippen LogP contribution in [0.5, 0.6) is 5.75 Å². The summed E-state index contributed by atoms with van der Waals surface area (Å²) in [6.45, 7) is 3.72. The molecule has 18 heavy (non-hydrogen) atoms. The van der Waals surface area contributed by atoms with Crippen molar-refractivity contribution < 1.29 is 9.84 Å². The van der Waals surface area contributed by atoms with Gasteiger partial charge >= 0.3 is 0 Å². The van der Waals surface area contributed by atoms with Crippen molar-refractivity contribution in [1.29, 1.82) is 0 Å². The molecule has 1 fully saturated rings. The lowest BCUT2D eigenvalue weighted by molar-refractivity contribution is 0.219. The third kappa shape index (κ3) is 3.02. The topological polar surface area (TPSA) is 58.7 Å². The normalized spacial score (nSPS) is 20.3. The van der Waals surface area contributed by atoms with Crippen LogP contribution in [0.15, 0.2) is 18.2 Å². The van der Waals surface area contributed by atoms with Gasteiger partial charge in [-0.05, 0) is 36.6 Å². The highest BCUT2D eigenvalue weighted by Crippen LogP contribution is 2.24. The fourth-order valence-corrected chi connectivity index (χ4v) is 2.53. The van der Waals surface area contributed by atoms with E-state index in [2.05, 4.69) is 11.0 Å². The molecule has 0 saturated carbocycles. The molecule has 0 spiro atoms. The maximum atomic E-state index is 9.16. The lowest BCUT2D eigenvalue weighted by Gasteiger charge is -2.18. The molecule has 100 valence electrons. The molecule has 4 nitrogen and oxygen atoms in total. The second kappa shape index (κ2) is 6.18. The van der Waals surface area contributed by atoms with E-state index in [9.17, 15) is 0 Å². The highest BCUT2D eigenvalue weighted by Gasteiger charge is 2.22. The zero-order valence-corrected chi connectivity index (χ0v) is 10.9. The van der Waals surface area contributed by atoms with Crippen molar-refractivity contribution in [2.45, 2.75) is 19.5 Å². The van der Waals surface area contributed by atoms with E-state index in [0.29, 0.717) is 12.5 Å². The van der Waals surface area contributed by atoms with Crippen molar-refractivity contribution in [3.8, 4) is 5.75 Å². The molecule has 3 N–H and O–H groups in total. The standard InChI is InChI=1S/C14H22N2O2/c1-18-14-3-2-11(7-15)6-13(14)9-16-5-4-12(8-16)10-17/h2-3,6,12,17H,4-5,7-10,15H2,1H3. The molecule has 2 rings (SSSR count). The number of nitrogens with zero attached hydrogens (tertiary/aromatic N) is 1. The average Bonchev–Trinajstić information content (AvgIpc) is 2.86. The number of hydrogen-bond donors (Lipinski definition) is 2. The summed E-state index contributed by atoms with van der Waals surface area (Å²) in [6, 6.07) is 6.10. The van der Waals surface area contributed by atoms with Gasteiger partial charge in [-0.1, -0.05) is 6.07 Å². The fourth-order valence-electron chi connectivity index (χ4n) is 2.53. The summed E-state index contributed by atoms with van der Waals surface area (Å²) in [5.74, 6) is 1.34. The van der Waals surface area contributed by atoms with Gasteiger partial charge in [-0.15, -0.1) is 0 Å². The molecule has 1 heterocycles. The Morgan fingerprint density at radius 3 is 2.94 bits per heavy atom. The number of ether oxygens (including phenoxy) is 1. The van der Waals surface area contributed by atoms with Gasteiger partial charge in [-0.3, -0.25) is 4.90 Å². The quantitative estimate of drug-likeness (QED) is 0.817.